The molecule has 0 atom stereocenters. The number of carbonyl (C=O) groups is 1. The number of imidazole rings is 1. The molecule has 1 heterocycles. The van der Waals surface area contributed by atoms with E-state index in [0.717, 1.165) is 5.56 Å². The van der Waals surface area contributed by atoms with E-state index in [2.05, 4.69) is 4.98 Å². The molecule has 1 aromatic heterocycles. The van der Waals surface area contributed by atoms with Crippen molar-refractivity contribution in [2.24, 2.45) is 0 Å². The molecule has 0 aliphatic heterocycles. The highest BCUT2D eigenvalue weighted by Crippen LogP contribution is 2.05. The Kier molecular flexibility index (Phi) is 3.15. The quantitative estimate of drug-likeness (QED) is 0.780. The predicted octanol–water partition coefficient (Wildman–Crippen LogP) is 2.00. The molecule has 0 saturated carbocycles. The van der Waals surface area contributed by atoms with Crippen LogP contribution in [0, 0.1) is 6.92 Å². The van der Waals surface area contributed by atoms with Gasteiger partial charge in [0.1, 0.15) is 0 Å². The Morgan fingerprint density at radius 1 is 1.31 bits per heavy atom. The lowest BCUT2D eigenvalue weighted by Crippen LogP contribution is -2.11. The van der Waals surface area contributed by atoms with Gasteiger partial charge in [-0.1, -0.05) is 29.8 Å². The summed E-state index contributed by atoms with van der Waals surface area (Å²) in [7, 11) is 0. The fraction of sp³-hybridized carbons (Fsp3) is 0.231. The molecule has 0 fully saturated rings. The molecule has 3 heteroatoms. The SMILES string of the molecule is Cc1ccc(CC(=O)Cn2ccnc2)cc1. The van der Waals surface area contributed by atoms with Crippen LogP contribution < -0.4 is 0 Å². The Labute approximate surface area is 94.7 Å². The minimum absolute atomic E-state index is 0.196. The lowest BCUT2D eigenvalue weighted by molar-refractivity contribution is -0.119. The maximum Gasteiger partial charge on any atom is 0.156 e. The first-order chi connectivity index (χ1) is 7.74. The first-order valence-corrected chi connectivity index (χ1v) is 5.27. The van der Waals surface area contributed by atoms with Gasteiger partial charge in [-0.2, -0.15) is 0 Å². The van der Waals surface area contributed by atoms with Crippen LogP contribution in [-0.4, -0.2) is 15.3 Å². The maximum absolute atomic E-state index is 11.7. The summed E-state index contributed by atoms with van der Waals surface area (Å²) >= 11 is 0. The van der Waals surface area contributed by atoms with Gasteiger partial charge in [0.2, 0.25) is 0 Å². The third kappa shape index (κ3) is 2.79. The highest BCUT2D eigenvalue weighted by atomic mass is 16.1. The van der Waals surface area contributed by atoms with E-state index in [0.29, 0.717) is 13.0 Å². The van der Waals surface area contributed by atoms with Gasteiger partial charge in [0, 0.05) is 18.8 Å². The summed E-state index contributed by atoms with van der Waals surface area (Å²) in [6, 6.07) is 8.06. The highest BCUT2D eigenvalue weighted by molar-refractivity contribution is 5.80. The molecule has 2 rings (SSSR count). The van der Waals surface area contributed by atoms with Crippen molar-refractivity contribution >= 4 is 5.78 Å². The van der Waals surface area contributed by atoms with Gasteiger partial charge in [0.25, 0.3) is 0 Å². The number of hydrogen-bond acceptors (Lipinski definition) is 2. The number of Topliss-reactive ketones (excluding diaryl/α,β-unsaturated/α-hetero) is 1. The van der Waals surface area contributed by atoms with Crippen molar-refractivity contribution in [2.75, 3.05) is 0 Å². The second-order valence-corrected chi connectivity index (χ2v) is 3.94. The smallest absolute Gasteiger partial charge is 0.156 e. The third-order valence-corrected chi connectivity index (χ3v) is 2.44. The minimum Gasteiger partial charge on any atom is -0.330 e. The molecule has 82 valence electrons. The van der Waals surface area contributed by atoms with Crippen LogP contribution in [0.2, 0.25) is 0 Å². The lowest BCUT2D eigenvalue weighted by Gasteiger charge is -2.02. The van der Waals surface area contributed by atoms with Crippen LogP contribution in [0.25, 0.3) is 0 Å². The number of carbonyl (C=O) groups excluding carboxylic acids is 1. The van der Waals surface area contributed by atoms with Crippen molar-refractivity contribution in [1.29, 1.82) is 0 Å². The summed E-state index contributed by atoms with van der Waals surface area (Å²) in [5.74, 6) is 0.196. The summed E-state index contributed by atoms with van der Waals surface area (Å²) in [5.41, 5.74) is 2.28. The van der Waals surface area contributed by atoms with Gasteiger partial charge >= 0.3 is 0 Å². The predicted molar refractivity (Wildman–Crippen MR) is 62.1 cm³/mol. The number of hydrogen-bond donors (Lipinski definition) is 0. The van der Waals surface area contributed by atoms with Gasteiger partial charge in [-0.3, -0.25) is 4.79 Å². The number of benzene rings is 1. The van der Waals surface area contributed by atoms with E-state index < -0.39 is 0 Å². The monoisotopic (exact) mass is 214 g/mol. The van der Waals surface area contributed by atoms with Crippen LogP contribution in [0.3, 0.4) is 0 Å². The van der Waals surface area contributed by atoms with Gasteiger partial charge in [0.15, 0.2) is 5.78 Å². The van der Waals surface area contributed by atoms with Gasteiger partial charge in [-0.05, 0) is 12.5 Å². The summed E-state index contributed by atoms with van der Waals surface area (Å²) in [6.45, 7) is 2.44. The van der Waals surface area contributed by atoms with Crippen LogP contribution in [0.5, 0.6) is 0 Å². The largest absolute Gasteiger partial charge is 0.330 e. The molecular formula is C13H14N2O. The van der Waals surface area contributed by atoms with Crippen LogP contribution in [0.1, 0.15) is 11.1 Å². The molecule has 16 heavy (non-hydrogen) atoms. The maximum atomic E-state index is 11.7. The summed E-state index contributed by atoms with van der Waals surface area (Å²) in [5, 5.41) is 0. The van der Waals surface area contributed by atoms with Gasteiger partial charge < -0.3 is 4.57 Å². The zero-order valence-corrected chi connectivity index (χ0v) is 9.26. The second-order valence-electron chi connectivity index (χ2n) is 3.94. The first kappa shape index (κ1) is 10.6. The number of aryl methyl sites for hydroxylation is 1. The third-order valence-electron chi connectivity index (χ3n) is 2.44. The number of aromatic nitrogens is 2. The Morgan fingerprint density at radius 3 is 2.69 bits per heavy atom. The highest BCUT2D eigenvalue weighted by Gasteiger charge is 2.04. The molecule has 0 saturated heterocycles. The van der Waals surface area contributed by atoms with E-state index in [4.69, 9.17) is 0 Å². The average molecular weight is 214 g/mol. The molecule has 2 aromatic rings. The van der Waals surface area contributed by atoms with Crippen molar-refractivity contribution in [3.63, 3.8) is 0 Å². The Morgan fingerprint density at radius 2 is 2.06 bits per heavy atom. The van der Waals surface area contributed by atoms with E-state index in [9.17, 15) is 4.79 Å². The molecule has 0 amide bonds. The minimum atomic E-state index is 0.196. The molecule has 0 spiro atoms. The summed E-state index contributed by atoms with van der Waals surface area (Å²) < 4.78 is 1.79. The van der Waals surface area contributed by atoms with Gasteiger partial charge in [0.05, 0.1) is 12.9 Å². The van der Waals surface area contributed by atoms with Crippen molar-refractivity contribution in [3.05, 3.63) is 54.1 Å². The van der Waals surface area contributed by atoms with E-state index >= 15 is 0 Å². The van der Waals surface area contributed by atoms with E-state index in [-0.39, 0.29) is 5.78 Å². The molecule has 0 N–H and O–H groups in total. The van der Waals surface area contributed by atoms with Gasteiger partial charge in [-0.15, -0.1) is 0 Å². The molecule has 0 aliphatic rings. The normalized spacial score (nSPS) is 10.3. The van der Waals surface area contributed by atoms with Crippen LogP contribution in [0.4, 0.5) is 0 Å². The molecule has 0 bridgehead atoms. The summed E-state index contributed by atoms with van der Waals surface area (Å²) in [6.07, 6.45) is 5.62. The number of nitrogens with zero attached hydrogens (tertiary/aromatic N) is 2. The summed E-state index contributed by atoms with van der Waals surface area (Å²) in [4.78, 5) is 15.6. The van der Waals surface area contributed by atoms with Crippen molar-refractivity contribution in [1.82, 2.24) is 9.55 Å². The van der Waals surface area contributed by atoms with Crippen LogP contribution >= 0.6 is 0 Å². The molecule has 0 aliphatic carbocycles. The second kappa shape index (κ2) is 4.75. The van der Waals surface area contributed by atoms with Crippen LogP contribution in [0.15, 0.2) is 43.0 Å². The molecule has 0 unspecified atom stereocenters. The fourth-order valence-electron chi connectivity index (χ4n) is 1.57. The number of rotatable bonds is 4. The fourth-order valence-corrected chi connectivity index (χ4v) is 1.57. The lowest BCUT2D eigenvalue weighted by atomic mass is 10.1. The van der Waals surface area contributed by atoms with E-state index in [1.165, 1.54) is 5.56 Å². The van der Waals surface area contributed by atoms with Crippen molar-refractivity contribution in [3.8, 4) is 0 Å². The standard InChI is InChI=1S/C13H14N2O/c1-11-2-4-12(5-3-11)8-13(16)9-15-7-6-14-10-15/h2-7,10H,8-9H2,1H3. The molecule has 0 radical (unpaired) electrons. The van der Waals surface area contributed by atoms with Crippen molar-refractivity contribution < 1.29 is 4.79 Å². The Balaban J connectivity index is 1.95. The number of ketones is 1. The zero-order chi connectivity index (χ0) is 11.4. The molecule has 3 nitrogen and oxygen atoms in total. The Bertz CT molecular complexity index is 457. The molecule has 1 aromatic carbocycles. The van der Waals surface area contributed by atoms with E-state index in [1.54, 1.807) is 23.3 Å². The topological polar surface area (TPSA) is 34.9 Å². The van der Waals surface area contributed by atoms with Crippen LogP contribution in [-0.2, 0) is 17.8 Å². The van der Waals surface area contributed by atoms with Crippen molar-refractivity contribution in [2.45, 2.75) is 19.9 Å². The zero-order valence-electron chi connectivity index (χ0n) is 9.26. The first-order valence-electron chi connectivity index (χ1n) is 5.27. The van der Waals surface area contributed by atoms with Gasteiger partial charge in [-0.25, -0.2) is 4.98 Å². The van der Waals surface area contributed by atoms with E-state index in [1.807, 2.05) is 31.2 Å². The molecular weight excluding hydrogens is 200 g/mol. The Hall–Kier alpha value is -1.90. The average Bonchev–Trinajstić information content (AvgIpc) is 2.74.